The smallest absolute Gasteiger partial charge is 0.246 e. The van der Waals surface area contributed by atoms with Gasteiger partial charge in [-0.2, -0.15) is 4.98 Å². The average molecular weight is 394 g/mol. The lowest BCUT2D eigenvalue weighted by molar-refractivity contribution is -0.127. The van der Waals surface area contributed by atoms with Gasteiger partial charge in [-0.25, -0.2) is 4.39 Å². The lowest BCUT2D eigenvalue weighted by atomic mass is 9.96. The van der Waals surface area contributed by atoms with Gasteiger partial charge in [0.25, 0.3) is 0 Å². The Morgan fingerprint density at radius 3 is 2.76 bits per heavy atom. The summed E-state index contributed by atoms with van der Waals surface area (Å²) in [5, 5.41) is 6.88. The normalized spacial score (nSPS) is 17.2. The van der Waals surface area contributed by atoms with Crippen molar-refractivity contribution < 1.29 is 13.7 Å². The number of carbonyl (C=O) groups is 1. The molecule has 150 valence electrons. The summed E-state index contributed by atoms with van der Waals surface area (Å²) < 4.78 is 18.3. The van der Waals surface area contributed by atoms with E-state index in [-0.39, 0.29) is 24.2 Å². The van der Waals surface area contributed by atoms with Crippen LogP contribution in [0.3, 0.4) is 0 Å². The van der Waals surface area contributed by atoms with E-state index >= 15 is 0 Å². The van der Waals surface area contributed by atoms with Crippen molar-refractivity contribution in [3.05, 3.63) is 71.9 Å². The SMILES string of the molecule is O=C(NCc1nc(-c2ccccc2)no1)[C@@H]1CCCN(Cc2ccc(F)cc2)C1. The van der Waals surface area contributed by atoms with Crippen molar-refractivity contribution in [1.82, 2.24) is 20.4 Å². The summed E-state index contributed by atoms with van der Waals surface area (Å²) >= 11 is 0. The van der Waals surface area contributed by atoms with Gasteiger partial charge < -0.3 is 9.84 Å². The molecule has 29 heavy (non-hydrogen) atoms. The minimum Gasteiger partial charge on any atom is -0.347 e. The Morgan fingerprint density at radius 2 is 1.97 bits per heavy atom. The van der Waals surface area contributed by atoms with Crippen LogP contribution in [-0.4, -0.2) is 34.0 Å². The highest BCUT2D eigenvalue weighted by Crippen LogP contribution is 2.19. The molecule has 0 saturated carbocycles. The zero-order chi connectivity index (χ0) is 20.1. The van der Waals surface area contributed by atoms with Crippen LogP contribution in [0.1, 0.15) is 24.3 Å². The molecule has 1 fully saturated rings. The quantitative estimate of drug-likeness (QED) is 0.694. The van der Waals surface area contributed by atoms with Crippen LogP contribution in [0.2, 0.25) is 0 Å². The highest BCUT2D eigenvalue weighted by atomic mass is 19.1. The fraction of sp³-hybridized carbons (Fsp3) is 0.318. The van der Waals surface area contributed by atoms with Crippen molar-refractivity contribution in [2.24, 2.45) is 5.92 Å². The molecule has 1 aromatic heterocycles. The molecule has 1 saturated heterocycles. The fourth-order valence-electron chi connectivity index (χ4n) is 3.60. The Morgan fingerprint density at radius 1 is 1.17 bits per heavy atom. The molecule has 2 heterocycles. The molecule has 2 aromatic carbocycles. The van der Waals surface area contributed by atoms with Crippen molar-refractivity contribution in [2.75, 3.05) is 13.1 Å². The summed E-state index contributed by atoms with van der Waals surface area (Å²) in [7, 11) is 0. The third-order valence-corrected chi connectivity index (χ3v) is 5.11. The minimum atomic E-state index is -0.235. The summed E-state index contributed by atoms with van der Waals surface area (Å²) in [6.45, 7) is 2.55. The summed E-state index contributed by atoms with van der Waals surface area (Å²) in [5.74, 6) is 0.573. The molecule has 3 aromatic rings. The first-order valence-corrected chi connectivity index (χ1v) is 9.80. The van der Waals surface area contributed by atoms with E-state index in [1.165, 1.54) is 12.1 Å². The predicted octanol–water partition coefficient (Wildman–Crippen LogP) is 3.40. The second-order valence-corrected chi connectivity index (χ2v) is 7.30. The van der Waals surface area contributed by atoms with Crippen LogP contribution < -0.4 is 5.32 Å². The summed E-state index contributed by atoms with van der Waals surface area (Å²) in [4.78, 5) is 19.2. The van der Waals surface area contributed by atoms with Gasteiger partial charge in [0.1, 0.15) is 5.82 Å². The van der Waals surface area contributed by atoms with Gasteiger partial charge in [-0.05, 0) is 37.1 Å². The van der Waals surface area contributed by atoms with Gasteiger partial charge in [-0.3, -0.25) is 9.69 Å². The third-order valence-electron chi connectivity index (χ3n) is 5.11. The number of nitrogens with zero attached hydrogens (tertiary/aromatic N) is 3. The maximum Gasteiger partial charge on any atom is 0.246 e. The number of amides is 1. The molecule has 1 amide bonds. The van der Waals surface area contributed by atoms with E-state index in [1.807, 2.05) is 30.3 Å². The van der Waals surface area contributed by atoms with E-state index in [1.54, 1.807) is 12.1 Å². The molecular formula is C22H23FN4O2. The molecule has 0 bridgehead atoms. The molecule has 1 aliphatic heterocycles. The first-order valence-electron chi connectivity index (χ1n) is 9.80. The minimum absolute atomic E-state index is 0.00623. The molecular weight excluding hydrogens is 371 g/mol. The Hall–Kier alpha value is -3.06. The second-order valence-electron chi connectivity index (χ2n) is 7.30. The van der Waals surface area contributed by atoms with Gasteiger partial charge in [0, 0.05) is 18.7 Å². The molecule has 6 nitrogen and oxygen atoms in total. The van der Waals surface area contributed by atoms with Gasteiger partial charge in [0.2, 0.25) is 17.6 Å². The van der Waals surface area contributed by atoms with Crippen LogP contribution in [0, 0.1) is 11.7 Å². The van der Waals surface area contributed by atoms with Crippen LogP contribution in [0.5, 0.6) is 0 Å². The number of piperidine rings is 1. The third kappa shape index (κ3) is 5.06. The van der Waals surface area contributed by atoms with E-state index in [9.17, 15) is 9.18 Å². The fourth-order valence-corrected chi connectivity index (χ4v) is 3.60. The highest BCUT2D eigenvalue weighted by Gasteiger charge is 2.26. The van der Waals surface area contributed by atoms with E-state index in [2.05, 4.69) is 20.4 Å². The lowest BCUT2D eigenvalue weighted by Crippen LogP contribution is -2.42. The van der Waals surface area contributed by atoms with Gasteiger partial charge in [0.15, 0.2) is 0 Å². The van der Waals surface area contributed by atoms with Gasteiger partial charge >= 0.3 is 0 Å². The zero-order valence-electron chi connectivity index (χ0n) is 16.1. The Labute approximate surface area is 168 Å². The lowest BCUT2D eigenvalue weighted by Gasteiger charge is -2.31. The van der Waals surface area contributed by atoms with Crippen molar-refractivity contribution in [1.29, 1.82) is 0 Å². The molecule has 0 spiro atoms. The number of rotatable bonds is 6. The number of likely N-dealkylation sites (tertiary alicyclic amines) is 1. The van der Waals surface area contributed by atoms with E-state index in [0.29, 0.717) is 24.8 Å². The van der Waals surface area contributed by atoms with Crippen LogP contribution in [0.4, 0.5) is 4.39 Å². The summed E-state index contributed by atoms with van der Waals surface area (Å²) in [6.07, 6.45) is 1.81. The van der Waals surface area contributed by atoms with E-state index < -0.39 is 0 Å². The topological polar surface area (TPSA) is 71.3 Å². The van der Waals surface area contributed by atoms with Crippen LogP contribution in [-0.2, 0) is 17.9 Å². The maximum absolute atomic E-state index is 13.1. The number of hydrogen-bond donors (Lipinski definition) is 1. The zero-order valence-corrected chi connectivity index (χ0v) is 16.1. The molecule has 0 aliphatic carbocycles. The molecule has 1 N–H and O–H groups in total. The van der Waals surface area contributed by atoms with Crippen LogP contribution in [0.15, 0.2) is 59.1 Å². The largest absolute Gasteiger partial charge is 0.347 e. The highest BCUT2D eigenvalue weighted by molar-refractivity contribution is 5.78. The van der Waals surface area contributed by atoms with E-state index in [4.69, 9.17) is 4.52 Å². The average Bonchev–Trinajstić information content (AvgIpc) is 3.24. The Balaban J connectivity index is 1.29. The molecule has 1 atom stereocenters. The first-order chi connectivity index (χ1) is 14.2. The van der Waals surface area contributed by atoms with Crippen LogP contribution in [0.25, 0.3) is 11.4 Å². The molecule has 0 radical (unpaired) electrons. The molecule has 7 heteroatoms. The first kappa shape index (κ1) is 19.3. The number of hydrogen-bond acceptors (Lipinski definition) is 5. The molecule has 1 aliphatic rings. The molecule has 4 rings (SSSR count). The number of benzene rings is 2. The van der Waals surface area contributed by atoms with E-state index in [0.717, 1.165) is 30.5 Å². The number of carbonyl (C=O) groups excluding carboxylic acids is 1. The van der Waals surface area contributed by atoms with Gasteiger partial charge in [-0.1, -0.05) is 47.6 Å². The van der Waals surface area contributed by atoms with Crippen molar-refractivity contribution in [3.8, 4) is 11.4 Å². The monoisotopic (exact) mass is 394 g/mol. The standard InChI is InChI=1S/C22H23FN4O2/c23-19-10-8-16(9-11-19)14-27-12-4-7-18(15-27)22(28)24-13-20-25-21(26-29-20)17-5-2-1-3-6-17/h1-3,5-6,8-11,18H,4,7,12-15H2,(H,24,28)/t18-/m1/s1. The predicted molar refractivity (Wildman–Crippen MR) is 106 cm³/mol. The second kappa shape index (κ2) is 8.96. The van der Waals surface area contributed by atoms with Gasteiger partial charge in [0.05, 0.1) is 12.5 Å². The van der Waals surface area contributed by atoms with Crippen molar-refractivity contribution in [3.63, 3.8) is 0 Å². The molecule has 0 unspecified atom stereocenters. The van der Waals surface area contributed by atoms with Crippen molar-refractivity contribution >= 4 is 5.91 Å². The summed E-state index contributed by atoms with van der Waals surface area (Å²) in [6, 6.07) is 16.1. The Kier molecular flexibility index (Phi) is 5.95. The number of aromatic nitrogens is 2. The van der Waals surface area contributed by atoms with Gasteiger partial charge in [-0.15, -0.1) is 0 Å². The Bertz CT molecular complexity index is 943. The van der Waals surface area contributed by atoms with Crippen molar-refractivity contribution in [2.45, 2.75) is 25.9 Å². The number of nitrogens with one attached hydrogen (secondary N) is 1. The number of halogens is 1. The summed E-state index contributed by atoms with van der Waals surface area (Å²) in [5.41, 5.74) is 1.92. The maximum atomic E-state index is 13.1. The van der Waals surface area contributed by atoms with Crippen LogP contribution >= 0.6 is 0 Å².